The fraction of sp³-hybridized carbons (Fsp3) is 0.308. The largest absolute Gasteiger partial charge is 0.467 e. The van der Waals surface area contributed by atoms with Gasteiger partial charge in [-0.15, -0.1) is 0 Å². The van der Waals surface area contributed by atoms with Crippen LogP contribution in [0.3, 0.4) is 0 Å². The molecule has 0 saturated carbocycles. The van der Waals surface area contributed by atoms with Crippen LogP contribution < -0.4 is 10.6 Å². The van der Waals surface area contributed by atoms with Crippen molar-refractivity contribution in [1.82, 2.24) is 4.98 Å². The Morgan fingerprint density at radius 3 is 2.76 bits per heavy atom. The van der Waals surface area contributed by atoms with E-state index in [0.29, 0.717) is 6.54 Å². The predicted molar refractivity (Wildman–Crippen MR) is 67.6 cm³/mol. The number of furan rings is 1. The fourth-order valence-corrected chi connectivity index (χ4v) is 1.70. The van der Waals surface area contributed by atoms with E-state index in [0.717, 1.165) is 30.2 Å². The Bertz CT molecular complexity index is 436. The smallest absolute Gasteiger partial charge is 0.123 e. The van der Waals surface area contributed by atoms with Crippen LogP contribution in [0.5, 0.6) is 0 Å². The minimum absolute atomic E-state index is 0.477. The van der Waals surface area contributed by atoms with Crippen LogP contribution in [0.4, 0.5) is 5.69 Å². The van der Waals surface area contributed by atoms with Crippen molar-refractivity contribution in [3.8, 4) is 0 Å². The molecule has 0 spiro atoms. The molecular weight excluding hydrogens is 214 g/mol. The molecule has 0 radical (unpaired) electrons. The minimum Gasteiger partial charge on any atom is -0.467 e. The van der Waals surface area contributed by atoms with Gasteiger partial charge < -0.3 is 15.1 Å². The molecule has 0 atom stereocenters. The van der Waals surface area contributed by atoms with Gasteiger partial charge in [0.1, 0.15) is 5.76 Å². The predicted octanol–water partition coefficient (Wildman–Crippen LogP) is 2.16. The van der Waals surface area contributed by atoms with Crippen LogP contribution in [0.2, 0.25) is 0 Å². The molecule has 17 heavy (non-hydrogen) atoms. The number of anilines is 1. The first-order valence-electron chi connectivity index (χ1n) is 5.75. The summed E-state index contributed by atoms with van der Waals surface area (Å²) in [5.41, 5.74) is 7.52. The van der Waals surface area contributed by atoms with E-state index in [1.807, 2.05) is 30.5 Å². The second kappa shape index (κ2) is 5.50. The van der Waals surface area contributed by atoms with Crippen LogP contribution in [-0.2, 0) is 13.1 Å². The van der Waals surface area contributed by atoms with Crippen LogP contribution >= 0.6 is 0 Å². The fourth-order valence-electron chi connectivity index (χ4n) is 1.70. The molecule has 0 aliphatic rings. The van der Waals surface area contributed by atoms with Gasteiger partial charge in [-0.1, -0.05) is 0 Å². The number of rotatable bonds is 5. The lowest BCUT2D eigenvalue weighted by Crippen LogP contribution is -2.21. The lowest BCUT2D eigenvalue weighted by molar-refractivity contribution is 0.503. The molecule has 2 heterocycles. The first-order chi connectivity index (χ1) is 8.33. The van der Waals surface area contributed by atoms with Crippen molar-refractivity contribution in [2.24, 2.45) is 5.73 Å². The molecule has 2 rings (SSSR count). The molecule has 2 aromatic heterocycles. The lowest BCUT2D eigenvalue weighted by Gasteiger charge is -2.21. The first-order valence-corrected chi connectivity index (χ1v) is 5.75. The second-order valence-corrected chi connectivity index (χ2v) is 3.81. The molecule has 0 amide bonds. The quantitative estimate of drug-likeness (QED) is 0.856. The number of nitrogens with zero attached hydrogens (tertiary/aromatic N) is 2. The van der Waals surface area contributed by atoms with Gasteiger partial charge in [-0.25, -0.2) is 0 Å². The normalized spacial score (nSPS) is 10.5. The van der Waals surface area contributed by atoms with Crippen molar-refractivity contribution in [2.75, 3.05) is 11.4 Å². The van der Waals surface area contributed by atoms with Gasteiger partial charge in [0.2, 0.25) is 0 Å². The van der Waals surface area contributed by atoms with Crippen molar-refractivity contribution in [1.29, 1.82) is 0 Å². The second-order valence-electron chi connectivity index (χ2n) is 3.81. The zero-order valence-corrected chi connectivity index (χ0v) is 9.97. The Hall–Kier alpha value is -1.81. The molecule has 0 unspecified atom stereocenters. The molecule has 4 nitrogen and oxygen atoms in total. The molecule has 0 saturated heterocycles. The number of hydrogen-bond donors (Lipinski definition) is 1. The molecule has 0 aliphatic carbocycles. The summed E-state index contributed by atoms with van der Waals surface area (Å²) in [4.78, 5) is 6.50. The Labute approximate surface area is 101 Å². The van der Waals surface area contributed by atoms with E-state index >= 15 is 0 Å². The van der Waals surface area contributed by atoms with Crippen molar-refractivity contribution < 1.29 is 4.42 Å². The Morgan fingerprint density at radius 2 is 2.24 bits per heavy atom. The summed E-state index contributed by atoms with van der Waals surface area (Å²) < 4.78 is 5.35. The van der Waals surface area contributed by atoms with Gasteiger partial charge in [0.05, 0.1) is 30.4 Å². The lowest BCUT2D eigenvalue weighted by atomic mass is 10.3. The van der Waals surface area contributed by atoms with Gasteiger partial charge in [-0.05, 0) is 31.2 Å². The molecule has 0 fully saturated rings. The molecule has 2 N–H and O–H groups in total. The van der Waals surface area contributed by atoms with Gasteiger partial charge in [0.25, 0.3) is 0 Å². The third kappa shape index (κ3) is 2.85. The standard InChI is InChI=1S/C13H17N3O/c1-2-16(10-13-4-3-7-17-13)12-6-5-11(8-14)15-9-12/h3-7,9H,2,8,10,14H2,1H3. The van der Waals surface area contributed by atoms with Crippen molar-refractivity contribution in [2.45, 2.75) is 20.0 Å². The Balaban J connectivity index is 2.11. The third-order valence-corrected chi connectivity index (χ3v) is 2.69. The first kappa shape index (κ1) is 11.7. The number of nitrogens with two attached hydrogens (primary N) is 1. The molecule has 0 aliphatic heterocycles. The Morgan fingerprint density at radius 1 is 1.35 bits per heavy atom. The van der Waals surface area contributed by atoms with Crippen LogP contribution in [0.25, 0.3) is 0 Å². The number of hydrogen-bond acceptors (Lipinski definition) is 4. The topological polar surface area (TPSA) is 55.3 Å². The van der Waals surface area contributed by atoms with E-state index in [-0.39, 0.29) is 0 Å². The SMILES string of the molecule is CCN(Cc1ccco1)c1ccc(CN)nc1. The van der Waals surface area contributed by atoms with E-state index in [9.17, 15) is 0 Å². The van der Waals surface area contributed by atoms with Gasteiger partial charge in [-0.2, -0.15) is 0 Å². The van der Waals surface area contributed by atoms with Crippen molar-refractivity contribution in [3.05, 3.63) is 48.2 Å². The molecule has 2 aromatic rings. The summed E-state index contributed by atoms with van der Waals surface area (Å²) in [7, 11) is 0. The Kier molecular flexibility index (Phi) is 3.77. The average Bonchev–Trinajstić information content (AvgIpc) is 2.89. The van der Waals surface area contributed by atoms with E-state index in [2.05, 4.69) is 16.8 Å². The minimum atomic E-state index is 0.477. The highest BCUT2D eigenvalue weighted by Crippen LogP contribution is 2.16. The van der Waals surface area contributed by atoms with Crippen LogP contribution in [0.15, 0.2) is 41.1 Å². The highest BCUT2D eigenvalue weighted by atomic mass is 16.3. The number of pyridine rings is 1. The van der Waals surface area contributed by atoms with E-state index in [1.54, 1.807) is 6.26 Å². The van der Waals surface area contributed by atoms with E-state index < -0.39 is 0 Å². The van der Waals surface area contributed by atoms with E-state index in [1.165, 1.54) is 0 Å². The summed E-state index contributed by atoms with van der Waals surface area (Å²) in [5, 5.41) is 0. The van der Waals surface area contributed by atoms with E-state index in [4.69, 9.17) is 10.2 Å². The van der Waals surface area contributed by atoms with Crippen molar-refractivity contribution >= 4 is 5.69 Å². The maximum atomic E-state index is 5.53. The maximum absolute atomic E-state index is 5.53. The zero-order chi connectivity index (χ0) is 12.1. The molecule has 0 bridgehead atoms. The number of aromatic nitrogens is 1. The summed E-state index contributed by atoms with van der Waals surface area (Å²) in [6.45, 7) is 4.25. The van der Waals surface area contributed by atoms with Crippen molar-refractivity contribution in [3.63, 3.8) is 0 Å². The van der Waals surface area contributed by atoms with Gasteiger partial charge in [-0.3, -0.25) is 4.98 Å². The highest BCUT2D eigenvalue weighted by Gasteiger charge is 2.07. The summed E-state index contributed by atoms with van der Waals surface area (Å²) >= 11 is 0. The highest BCUT2D eigenvalue weighted by molar-refractivity contribution is 5.44. The summed E-state index contributed by atoms with van der Waals surface area (Å²) in [6, 6.07) is 7.88. The average molecular weight is 231 g/mol. The van der Waals surface area contributed by atoms with Crippen LogP contribution in [0, 0.1) is 0 Å². The van der Waals surface area contributed by atoms with Gasteiger partial charge >= 0.3 is 0 Å². The molecule has 4 heteroatoms. The van der Waals surface area contributed by atoms with Gasteiger partial charge in [0, 0.05) is 13.1 Å². The van der Waals surface area contributed by atoms with Crippen LogP contribution in [0.1, 0.15) is 18.4 Å². The van der Waals surface area contributed by atoms with Crippen LogP contribution in [-0.4, -0.2) is 11.5 Å². The zero-order valence-electron chi connectivity index (χ0n) is 9.97. The molecule has 90 valence electrons. The summed E-state index contributed by atoms with van der Waals surface area (Å²) in [5.74, 6) is 0.953. The summed E-state index contributed by atoms with van der Waals surface area (Å²) in [6.07, 6.45) is 3.55. The molecule has 0 aromatic carbocycles. The van der Waals surface area contributed by atoms with Gasteiger partial charge in [0.15, 0.2) is 0 Å². The maximum Gasteiger partial charge on any atom is 0.123 e. The monoisotopic (exact) mass is 231 g/mol. The molecular formula is C13H17N3O. The third-order valence-electron chi connectivity index (χ3n) is 2.69.